The summed E-state index contributed by atoms with van der Waals surface area (Å²) in [7, 11) is -9.18. The maximum absolute atomic E-state index is 12.2. The fourth-order valence-electron chi connectivity index (χ4n) is 9.33. The zero-order chi connectivity index (χ0) is 29.0. The van der Waals surface area contributed by atoms with Crippen molar-refractivity contribution in [3.63, 3.8) is 0 Å². The fourth-order valence-corrected chi connectivity index (χ4v) is 10.2. The molecule has 41 heavy (non-hydrogen) atoms. The minimum absolute atomic E-state index is 0. The summed E-state index contributed by atoms with van der Waals surface area (Å²) in [6.45, 7) is 6.18. The summed E-state index contributed by atoms with van der Waals surface area (Å²) in [5, 5.41) is 25.6. The molecule has 4 rings (SSSR count). The quantitative estimate of drug-likeness (QED) is 0.126. The molecule has 0 radical (unpaired) electrons. The molecule has 3 N–H and O–H groups in total. The van der Waals surface area contributed by atoms with E-state index in [9.17, 15) is 40.9 Å². The third-order valence-corrected chi connectivity index (χ3v) is 12.5. The van der Waals surface area contributed by atoms with Crippen molar-refractivity contribution >= 4 is 26.4 Å². The number of carbonyl (C=O) groups excluding carboxylic acids is 1. The third kappa shape index (κ3) is 8.31. The van der Waals surface area contributed by atoms with E-state index in [-0.39, 0.29) is 119 Å². The summed E-state index contributed by atoms with van der Waals surface area (Å²) >= 11 is 0. The Morgan fingerprint density at radius 1 is 1.02 bits per heavy atom. The second kappa shape index (κ2) is 14.3. The smallest absolute Gasteiger partial charge is 0.748 e. The molecule has 0 bridgehead atoms. The Bertz CT molecular complexity index is 1140. The predicted molar refractivity (Wildman–Crippen MR) is 139 cm³/mol. The van der Waals surface area contributed by atoms with Gasteiger partial charge in [0.1, 0.15) is 0 Å². The van der Waals surface area contributed by atoms with Gasteiger partial charge < -0.3 is 24.6 Å². The summed E-state index contributed by atoms with van der Waals surface area (Å²) in [5.74, 6) is -0.491. The molecular formula is C26H43NNa2O10S2. The molecule has 4 saturated carbocycles. The van der Waals surface area contributed by atoms with Crippen LogP contribution >= 0.6 is 0 Å². The molecule has 15 heteroatoms. The predicted octanol–water partition coefficient (Wildman–Crippen LogP) is -4.48. The molecule has 11 nitrogen and oxygen atoms in total. The van der Waals surface area contributed by atoms with Crippen LogP contribution in [0.4, 0.5) is 0 Å². The average Bonchev–Trinajstić information content (AvgIpc) is 3.16. The summed E-state index contributed by atoms with van der Waals surface area (Å²) in [6.07, 6.45) is 3.24. The third-order valence-electron chi connectivity index (χ3n) is 11.3. The van der Waals surface area contributed by atoms with Gasteiger partial charge >= 0.3 is 59.1 Å². The number of aliphatic hydroxyl groups excluding tert-OH is 2. The first kappa shape index (κ1) is 38.4. The molecule has 0 heterocycles. The van der Waals surface area contributed by atoms with Gasteiger partial charge in [-0.2, -0.15) is 0 Å². The Labute approximate surface area is 289 Å². The second-order valence-electron chi connectivity index (χ2n) is 13.1. The van der Waals surface area contributed by atoms with Crippen molar-refractivity contribution in [2.24, 2.45) is 46.3 Å². The first-order chi connectivity index (χ1) is 18.0. The van der Waals surface area contributed by atoms with Gasteiger partial charge in [0.2, 0.25) is 16.3 Å². The van der Waals surface area contributed by atoms with Crippen LogP contribution in [0.25, 0.3) is 0 Å². The number of amides is 1. The normalized spacial score (nSPS) is 41.0. The van der Waals surface area contributed by atoms with Gasteiger partial charge in [-0.15, -0.1) is 0 Å². The topological polar surface area (TPSA) is 193 Å². The first-order valence-electron chi connectivity index (χ1n) is 14.2. The average molecular weight is 640 g/mol. The van der Waals surface area contributed by atoms with E-state index in [1.165, 1.54) is 0 Å². The molecule has 0 unspecified atom stereocenters. The van der Waals surface area contributed by atoms with E-state index < -0.39 is 50.0 Å². The Kier molecular flexibility index (Phi) is 13.4. The molecule has 0 saturated heterocycles. The van der Waals surface area contributed by atoms with Gasteiger partial charge in [0, 0.05) is 13.0 Å². The van der Waals surface area contributed by atoms with E-state index in [0.717, 1.165) is 12.8 Å². The van der Waals surface area contributed by atoms with Crippen molar-refractivity contribution < 1.29 is 104 Å². The molecule has 0 aromatic carbocycles. The number of fused-ring (bicyclic) bond motifs is 5. The van der Waals surface area contributed by atoms with E-state index in [0.29, 0.717) is 38.5 Å². The summed E-state index contributed by atoms with van der Waals surface area (Å²) in [6, 6.07) is 0. The molecule has 4 aliphatic rings. The molecule has 0 aliphatic heterocycles. The van der Waals surface area contributed by atoms with Gasteiger partial charge in [0.15, 0.2) is 0 Å². The number of nitrogens with one attached hydrogen (secondary N) is 1. The Hall–Kier alpha value is 1.17. The van der Waals surface area contributed by atoms with Crippen molar-refractivity contribution in [2.45, 2.75) is 96.9 Å². The number of aliphatic hydroxyl groups is 2. The molecule has 0 aromatic heterocycles. The number of hydrogen-bond donors (Lipinski definition) is 3. The van der Waals surface area contributed by atoms with Crippen LogP contribution in [0.2, 0.25) is 0 Å². The van der Waals surface area contributed by atoms with Gasteiger partial charge in [-0.3, -0.25) is 8.98 Å². The van der Waals surface area contributed by atoms with Gasteiger partial charge in [-0.05, 0) is 97.7 Å². The van der Waals surface area contributed by atoms with Gasteiger partial charge in [0.05, 0.1) is 34.2 Å². The van der Waals surface area contributed by atoms with Gasteiger partial charge in [0.25, 0.3) is 0 Å². The van der Waals surface area contributed by atoms with E-state index in [2.05, 4.69) is 26.1 Å². The molecular weight excluding hydrogens is 596 g/mol. The molecule has 4 fully saturated rings. The van der Waals surface area contributed by atoms with Crippen LogP contribution in [-0.2, 0) is 29.5 Å². The minimum Gasteiger partial charge on any atom is -0.748 e. The van der Waals surface area contributed by atoms with Crippen LogP contribution < -0.4 is 64.4 Å². The SMILES string of the molecule is C[C@H](CCC(=O)NCCS(=O)(=O)[O-])[C@H]1CC[C@H]2[C@@H]3[C@H](O)C[C@@H]4C[C@H](OS(=O)(=O)[O-])CC[C@]4(C)[C@H]3C[C@H](O)[C@]12C.[Na+].[Na+]. The van der Waals surface area contributed by atoms with Gasteiger partial charge in [-0.1, -0.05) is 20.8 Å². The maximum Gasteiger partial charge on any atom is 1.00 e. The van der Waals surface area contributed by atoms with Crippen LogP contribution in [0.5, 0.6) is 0 Å². The molecule has 0 spiro atoms. The first-order valence-corrected chi connectivity index (χ1v) is 17.1. The summed E-state index contributed by atoms with van der Waals surface area (Å²) in [5.41, 5.74) is -0.618. The largest absolute Gasteiger partial charge is 1.00 e. The molecule has 226 valence electrons. The van der Waals surface area contributed by atoms with E-state index in [1.54, 1.807) is 0 Å². The van der Waals surface area contributed by atoms with Crippen molar-refractivity contribution in [3.05, 3.63) is 0 Å². The molecule has 4 aliphatic carbocycles. The molecule has 1 amide bonds. The zero-order valence-electron chi connectivity index (χ0n) is 25.0. The maximum atomic E-state index is 12.2. The van der Waals surface area contributed by atoms with Crippen molar-refractivity contribution in [2.75, 3.05) is 12.3 Å². The van der Waals surface area contributed by atoms with Crippen LogP contribution in [0.15, 0.2) is 0 Å². The van der Waals surface area contributed by atoms with Crippen LogP contribution in [0.3, 0.4) is 0 Å². The van der Waals surface area contributed by atoms with E-state index >= 15 is 0 Å². The number of hydrogen-bond acceptors (Lipinski definition) is 10. The van der Waals surface area contributed by atoms with Crippen molar-refractivity contribution in [3.8, 4) is 0 Å². The zero-order valence-corrected chi connectivity index (χ0v) is 30.6. The Morgan fingerprint density at radius 3 is 2.29 bits per heavy atom. The standard InChI is InChI=1S/C26H45NO10S2.2Na/c1-15(4-7-23(30)27-10-11-38(31,32)33)18-5-6-19-24-20(14-22(29)26(18,19)3)25(2)9-8-17(37-39(34,35)36)12-16(25)13-21(24)28;;/h15-22,24,28-29H,4-14H2,1-3H3,(H,27,30)(H,31,32,33)(H,34,35,36);;/q;2*+1/p-2/t15-,16+,17-,18-,19+,20+,21-,22+,24+,25+,26-;;/m1../s1. The number of carbonyl (C=O) groups is 1. The Morgan fingerprint density at radius 2 is 1.68 bits per heavy atom. The minimum atomic E-state index is -4.80. The van der Waals surface area contributed by atoms with Crippen LogP contribution in [-0.4, -0.2) is 72.7 Å². The molecule has 0 aromatic rings. The van der Waals surface area contributed by atoms with Crippen molar-refractivity contribution in [1.29, 1.82) is 0 Å². The fraction of sp³-hybridized carbons (Fsp3) is 0.962. The van der Waals surface area contributed by atoms with Gasteiger partial charge in [-0.25, -0.2) is 16.8 Å². The summed E-state index contributed by atoms with van der Waals surface area (Å²) < 4.78 is 70.6. The molecule has 11 atom stereocenters. The van der Waals surface area contributed by atoms with Crippen molar-refractivity contribution in [1.82, 2.24) is 5.32 Å². The summed E-state index contributed by atoms with van der Waals surface area (Å²) in [4.78, 5) is 12.2. The second-order valence-corrected chi connectivity index (χ2v) is 15.7. The van der Waals surface area contributed by atoms with E-state index in [4.69, 9.17) is 4.18 Å². The van der Waals surface area contributed by atoms with Crippen LogP contribution in [0.1, 0.15) is 78.6 Å². The van der Waals surface area contributed by atoms with Crippen LogP contribution in [0, 0.1) is 46.3 Å². The van der Waals surface area contributed by atoms with E-state index in [1.807, 2.05) is 0 Å². The number of rotatable bonds is 9. The Balaban J connectivity index is 0.00000294. The monoisotopic (exact) mass is 639 g/mol.